The van der Waals surface area contributed by atoms with Gasteiger partial charge >= 0.3 is 0 Å². The van der Waals surface area contributed by atoms with Gasteiger partial charge in [-0.05, 0) is 49.1 Å². The van der Waals surface area contributed by atoms with Crippen molar-refractivity contribution in [3.63, 3.8) is 0 Å². The number of thiophene rings is 1. The highest BCUT2D eigenvalue weighted by Gasteiger charge is 2.31. The lowest BCUT2D eigenvalue weighted by Gasteiger charge is -2.44. The predicted molar refractivity (Wildman–Crippen MR) is 75.6 cm³/mol. The first-order valence-electron chi connectivity index (χ1n) is 6.52. The van der Waals surface area contributed by atoms with Crippen LogP contribution in [0.15, 0.2) is 10.8 Å². The molecule has 3 heteroatoms. The third-order valence-corrected chi connectivity index (χ3v) is 4.65. The summed E-state index contributed by atoms with van der Waals surface area (Å²) in [5.74, 6) is 0. The van der Waals surface area contributed by atoms with Gasteiger partial charge in [-0.3, -0.25) is 4.90 Å². The fraction of sp³-hybridized carbons (Fsp3) is 0.714. The minimum atomic E-state index is 0.246. The molecule has 2 nitrogen and oxygen atoms in total. The quantitative estimate of drug-likeness (QED) is 0.889. The van der Waals surface area contributed by atoms with Crippen molar-refractivity contribution >= 4 is 11.3 Å². The summed E-state index contributed by atoms with van der Waals surface area (Å²) < 4.78 is 0. The highest BCUT2D eigenvalue weighted by molar-refractivity contribution is 7.08. The van der Waals surface area contributed by atoms with Gasteiger partial charge in [0, 0.05) is 31.2 Å². The second-order valence-electron chi connectivity index (χ2n) is 5.81. The van der Waals surface area contributed by atoms with E-state index in [0.29, 0.717) is 6.04 Å². The van der Waals surface area contributed by atoms with Crippen molar-refractivity contribution in [2.75, 3.05) is 13.1 Å². The Kier molecular flexibility index (Phi) is 3.91. The SMILES string of the molecule is CCC1CNC(C)(C)CN1Cc1cscc1C. The average Bonchev–Trinajstić information content (AvgIpc) is 2.64. The molecule has 17 heavy (non-hydrogen) atoms. The Balaban J connectivity index is 2.08. The lowest BCUT2D eigenvalue weighted by atomic mass is 9.97. The number of aryl methyl sites for hydroxylation is 1. The molecule has 1 aliphatic rings. The molecular weight excluding hydrogens is 228 g/mol. The maximum absolute atomic E-state index is 3.64. The molecule has 0 radical (unpaired) electrons. The van der Waals surface area contributed by atoms with Crippen LogP contribution in [0.5, 0.6) is 0 Å². The van der Waals surface area contributed by atoms with Crippen LogP contribution in [0.3, 0.4) is 0 Å². The van der Waals surface area contributed by atoms with Crippen LogP contribution in [-0.4, -0.2) is 29.6 Å². The molecule has 1 fully saturated rings. The van der Waals surface area contributed by atoms with Gasteiger partial charge in [-0.2, -0.15) is 11.3 Å². The first kappa shape index (κ1) is 13.1. The summed E-state index contributed by atoms with van der Waals surface area (Å²) in [4.78, 5) is 2.64. The van der Waals surface area contributed by atoms with Crippen molar-refractivity contribution < 1.29 is 0 Å². The topological polar surface area (TPSA) is 15.3 Å². The number of rotatable bonds is 3. The normalized spacial score (nSPS) is 25.1. The highest BCUT2D eigenvalue weighted by atomic mass is 32.1. The van der Waals surface area contributed by atoms with Crippen molar-refractivity contribution in [1.29, 1.82) is 0 Å². The van der Waals surface area contributed by atoms with E-state index in [-0.39, 0.29) is 5.54 Å². The summed E-state index contributed by atoms with van der Waals surface area (Å²) in [7, 11) is 0. The van der Waals surface area contributed by atoms with Crippen LogP contribution < -0.4 is 5.32 Å². The van der Waals surface area contributed by atoms with Crippen molar-refractivity contribution in [2.45, 2.75) is 52.2 Å². The number of nitrogens with zero attached hydrogens (tertiary/aromatic N) is 1. The monoisotopic (exact) mass is 252 g/mol. The zero-order valence-electron chi connectivity index (χ0n) is 11.4. The molecule has 1 saturated heterocycles. The van der Waals surface area contributed by atoms with Gasteiger partial charge in [0.15, 0.2) is 0 Å². The largest absolute Gasteiger partial charge is 0.309 e. The summed E-state index contributed by atoms with van der Waals surface area (Å²) in [6.07, 6.45) is 1.23. The standard InChI is InChI=1S/C14H24N2S/c1-5-13-6-15-14(3,4)10-16(13)7-12-9-17-8-11(12)2/h8-9,13,15H,5-7,10H2,1-4H3. The second-order valence-corrected chi connectivity index (χ2v) is 6.56. The van der Waals surface area contributed by atoms with E-state index in [4.69, 9.17) is 0 Å². The predicted octanol–water partition coefficient (Wildman–Crippen LogP) is 3.02. The van der Waals surface area contributed by atoms with E-state index in [1.165, 1.54) is 17.5 Å². The molecule has 1 aliphatic heterocycles. The zero-order chi connectivity index (χ0) is 12.5. The van der Waals surface area contributed by atoms with E-state index in [2.05, 4.69) is 48.7 Å². The van der Waals surface area contributed by atoms with Crippen LogP contribution in [-0.2, 0) is 6.54 Å². The van der Waals surface area contributed by atoms with Gasteiger partial charge in [0.05, 0.1) is 0 Å². The van der Waals surface area contributed by atoms with Gasteiger partial charge in [-0.15, -0.1) is 0 Å². The molecule has 2 rings (SSSR count). The van der Waals surface area contributed by atoms with Gasteiger partial charge in [0.25, 0.3) is 0 Å². The maximum Gasteiger partial charge on any atom is 0.0253 e. The Morgan fingerprint density at radius 1 is 1.47 bits per heavy atom. The van der Waals surface area contributed by atoms with Crippen LogP contribution in [0.2, 0.25) is 0 Å². The van der Waals surface area contributed by atoms with Gasteiger partial charge in [0.1, 0.15) is 0 Å². The Morgan fingerprint density at radius 2 is 2.24 bits per heavy atom. The minimum absolute atomic E-state index is 0.246. The molecule has 1 unspecified atom stereocenters. The Morgan fingerprint density at radius 3 is 2.82 bits per heavy atom. The van der Waals surface area contributed by atoms with Crippen LogP contribution in [0.1, 0.15) is 38.3 Å². The van der Waals surface area contributed by atoms with Gasteiger partial charge in [-0.1, -0.05) is 6.92 Å². The summed E-state index contributed by atoms with van der Waals surface area (Å²) in [6, 6.07) is 0.683. The van der Waals surface area contributed by atoms with Gasteiger partial charge in [0.2, 0.25) is 0 Å². The molecule has 1 N–H and O–H groups in total. The summed E-state index contributed by atoms with van der Waals surface area (Å²) in [5, 5.41) is 8.20. The molecular formula is C14H24N2S. The van der Waals surface area contributed by atoms with Crippen molar-refractivity contribution in [3.05, 3.63) is 21.9 Å². The number of hydrogen-bond acceptors (Lipinski definition) is 3. The van der Waals surface area contributed by atoms with Crippen molar-refractivity contribution in [2.24, 2.45) is 0 Å². The number of piperazine rings is 1. The zero-order valence-corrected chi connectivity index (χ0v) is 12.2. The third-order valence-electron chi connectivity index (χ3n) is 3.74. The number of hydrogen-bond donors (Lipinski definition) is 1. The minimum Gasteiger partial charge on any atom is -0.309 e. The van der Waals surface area contributed by atoms with Crippen LogP contribution in [0.25, 0.3) is 0 Å². The summed E-state index contributed by atoms with van der Waals surface area (Å²) in [5.41, 5.74) is 3.20. The molecule has 96 valence electrons. The molecule has 0 aromatic carbocycles. The third kappa shape index (κ3) is 3.09. The van der Waals surface area contributed by atoms with E-state index in [9.17, 15) is 0 Å². The van der Waals surface area contributed by atoms with Gasteiger partial charge < -0.3 is 5.32 Å². The molecule has 0 amide bonds. The van der Waals surface area contributed by atoms with E-state index in [1.807, 2.05) is 11.3 Å². The summed E-state index contributed by atoms with van der Waals surface area (Å²) >= 11 is 1.82. The highest BCUT2D eigenvalue weighted by Crippen LogP contribution is 2.22. The molecule has 1 aromatic heterocycles. The fourth-order valence-corrected chi connectivity index (χ4v) is 3.42. The Hall–Kier alpha value is -0.380. The van der Waals surface area contributed by atoms with E-state index in [1.54, 1.807) is 0 Å². The first-order chi connectivity index (χ1) is 8.02. The molecule has 1 atom stereocenters. The first-order valence-corrected chi connectivity index (χ1v) is 7.47. The smallest absolute Gasteiger partial charge is 0.0253 e. The molecule has 0 spiro atoms. The fourth-order valence-electron chi connectivity index (χ4n) is 2.57. The second kappa shape index (κ2) is 5.09. The van der Waals surface area contributed by atoms with E-state index >= 15 is 0 Å². The van der Waals surface area contributed by atoms with Crippen molar-refractivity contribution in [1.82, 2.24) is 10.2 Å². The van der Waals surface area contributed by atoms with Crippen LogP contribution in [0, 0.1) is 6.92 Å². The van der Waals surface area contributed by atoms with Crippen LogP contribution >= 0.6 is 11.3 Å². The summed E-state index contributed by atoms with van der Waals surface area (Å²) in [6.45, 7) is 12.5. The Bertz CT molecular complexity index is 370. The average molecular weight is 252 g/mol. The lowest BCUT2D eigenvalue weighted by Crippen LogP contribution is -2.61. The Labute approximate surface area is 109 Å². The lowest BCUT2D eigenvalue weighted by molar-refractivity contribution is 0.0858. The number of nitrogens with one attached hydrogen (secondary N) is 1. The van der Waals surface area contributed by atoms with Crippen molar-refractivity contribution in [3.8, 4) is 0 Å². The molecule has 0 saturated carbocycles. The molecule has 2 heterocycles. The van der Waals surface area contributed by atoms with Gasteiger partial charge in [-0.25, -0.2) is 0 Å². The molecule has 0 aliphatic carbocycles. The van der Waals surface area contributed by atoms with Crippen LogP contribution in [0.4, 0.5) is 0 Å². The van der Waals surface area contributed by atoms with E-state index in [0.717, 1.165) is 19.6 Å². The molecule has 0 bridgehead atoms. The maximum atomic E-state index is 3.64. The molecule has 1 aromatic rings. The van der Waals surface area contributed by atoms with E-state index < -0.39 is 0 Å².